The summed E-state index contributed by atoms with van der Waals surface area (Å²) in [5.41, 5.74) is -0.429. The Balaban J connectivity index is 1.48. The van der Waals surface area contributed by atoms with Crippen LogP contribution in [-0.2, 0) is 19.2 Å². The van der Waals surface area contributed by atoms with Crippen molar-refractivity contribution in [3.05, 3.63) is 89.4 Å². The van der Waals surface area contributed by atoms with Crippen LogP contribution in [0.1, 0.15) is 25.2 Å². The summed E-state index contributed by atoms with van der Waals surface area (Å²) in [6.07, 6.45) is 1.70. The average Bonchev–Trinajstić information content (AvgIpc) is 3.41. The smallest absolute Gasteiger partial charge is 0.199 e. The highest BCUT2D eigenvalue weighted by Crippen LogP contribution is 2.36. The molecule has 202 valence electrons. The van der Waals surface area contributed by atoms with Crippen molar-refractivity contribution in [2.75, 3.05) is 7.11 Å². The third-order valence-electron chi connectivity index (χ3n) is 6.43. The largest absolute Gasteiger partial charge is 0.497 e. The van der Waals surface area contributed by atoms with Crippen molar-refractivity contribution >= 4 is 10.8 Å². The van der Waals surface area contributed by atoms with Gasteiger partial charge in [0.2, 0.25) is 0 Å². The predicted molar refractivity (Wildman–Crippen MR) is 136 cm³/mol. The van der Waals surface area contributed by atoms with Gasteiger partial charge >= 0.3 is 0 Å². The van der Waals surface area contributed by atoms with Gasteiger partial charge in [0, 0.05) is 36.1 Å². The van der Waals surface area contributed by atoms with Crippen LogP contribution < -0.4 is 9.47 Å². The molecular formula is C28H24F4N4O3. The molecule has 0 atom stereocenters. The van der Waals surface area contributed by atoms with Crippen molar-refractivity contribution < 1.29 is 32.1 Å². The van der Waals surface area contributed by atoms with Crippen LogP contribution in [0.15, 0.2) is 54.7 Å². The molecule has 0 aliphatic rings. The molecule has 0 spiro atoms. The van der Waals surface area contributed by atoms with Gasteiger partial charge in [-0.1, -0.05) is 12.1 Å². The summed E-state index contributed by atoms with van der Waals surface area (Å²) in [7, 11) is 3.13. The summed E-state index contributed by atoms with van der Waals surface area (Å²) in [6, 6.07) is 11.1. The van der Waals surface area contributed by atoms with Gasteiger partial charge in [-0.3, -0.25) is 0 Å². The molecule has 0 aliphatic heterocycles. The molecule has 7 nitrogen and oxygen atoms in total. The second kappa shape index (κ2) is 9.64. The predicted octanol–water partition coefficient (Wildman–Crippen LogP) is 6.07. The first-order valence-corrected chi connectivity index (χ1v) is 11.9. The van der Waals surface area contributed by atoms with E-state index in [4.69, 9.17) is 9.47 Å². The Morgan fingerprint density at radius 2 is 1.59 bits per heavy atom. The number of methoxy groups -OCH3 is 1. The molecule has 11 heteroatoms. The second-order valence-electron chi connectivity index (χ2n) is 9.57. The molecule has 0 aliphatic carbocycles. The Kier molecular flexibility index (Phi) is 6.45. The highest BCUT2D eigenvalue weighted by Gasteiger charge is 2.33. The number of hydrogen-bond acceptors (Lipinski definition) is 5. The number of halogens is 4. The van der Waals surface area contributed by atoms with Crippen molar-refractivity contribution in [2.24, 2.45) is 7.05 Å². The van der Waals surface area contributed by atoms with E-state index in [1.54, 1.807) is 24.9 Å². The van der Waals surface area contributed by atoms with E-state index in [0.717, 1.165) is 5.56 Å². The molecule has 5 aromatic rings. The quantitative estimate of drug-likeness (QED) is 0.254. The summed E-state index contributed by atoms with van der Waals surface area (Å²) in [5, 5.41) is 19.8. The van der Waals surface area contributed by atoms with Crippen molar-refractivity contribution in [3.8, 4) is 28.8 Å². The number of benzene rings is 3. The van der Waals surface area contributed by atoms with Crippen LogP contribution in [0, 0.1) is 23.3 Å². The molecule has 39 heavy (non-hydrogen) atoms. The molecular weight excluding hydrogens is 516 g/mol. The molecule has 0 bridgehead atoms. The molecule has 3 aromatic carbocycles. The number of nitrogens with zero attached hydrogens (tertiary/aromatic N) is 4. The summed E-state index contributed by atoms with van der Waals surface area (Å²) >= 11 is 0. The van der Waals surface area contributed by atoms with Gasteiger partial charge < -0.3 is 23.7 Å². The molecule has 5 rings (SSSR count). The zero-order valence-electron chi connectivity index (χ0n) is 21.5. The average molecular weight is 541 g/mol. The first-order chi connectivity index (χ1) is 18.5. The second-order valence-corrected chi connectivity index (χ2v) is 9.57. The molecule has 0 saturated heterocycles. The van der Waals surface area contributed by atoms with Crippen LogP contribution in [0.25, 0.3) is 22.2 Å². The number of fused-ring (bicyclic) bond motifs is 1. The highest BCUT2D eigenvalue weighted by molar-refractivity contribution is 5.91. The molecule has 1 N–H and O–H groups in total. The van der Waals surface area contributed by atoms with E-state index < -0.39 is 34.6 Å². The van der Waals surface area contributed by atoms with Crippen LogP contribution >= 0.6 is 0 Å². The van der Waals surface area contributed by atoms with Crippen molar-refractivity contribution in [3.63, 3.8) is 0 Å². The maximum atomic E-state index is 15.3. The molecule has 0 saturated carbocycles. The summed E-state index contributed by atoms with van der Waals surface area (Å²) in [5.74, 6) is -4.05. The van der Waals surface area contributed by atoms with E-state index in [0.29, 0.717) is 35.2 Å². The highest BCUT2D eigenvalue weighted by atomic mass is 19.1. The molecule has 0 fully saturated rings. The lowest BCUT2D eigenvalue weighted by molar-refractivity contribution is 0.0833. The lowest BCUT2D eigenvalue weighted by Gasteiger charge is -2.26. The minimum atomic E-state index is -1.43. The van der Waals surface area contributed by atoms with Crippen molar-refractivity contribution in [1.29, 1.82) is 0 Å². The molecule has 0 unspecified atom stereocenters. The summed E-state index contributed by atoms with van der Waals surface area (Å²) in [4.78, 5) is 0. The lowest BCUT2D eigenvalue weighted by atomic mass is 10.1. The van der Waals surface area contributed by atoms with Gasteiger partial charge in [0.15, 0.2) is 40.5 Å². The van der Waals surface area contributed by atoms with E-state index in [-0.39, 0.29) is 23.1 Å². The molecule has 2 heterocycles. The fraction of sp³-hybridized carbons (Fsp3) is 0.214. The van der Waals surface area contributed by atoms with Crippen LogP contribution in [-0.4, -0.2) is 31.5 Å². The summed E-state index contributed by atoms with van der Waals surface area (Å²) in [6.45, 7) is 3.34. The van der Waals surface area contributed by atoms with E-state index in [1.165, 1.54) is 30.5 Å². The van der Waals surface area contributed by atoms with Crippen LogP contribution in [0.3, 0.4) is 0 Å². The van der Waals surface area contributed by atoms with E-state index in [1.807, 2.05) is 24.3 Å². The van der Waals surface area contributed by atoms with Crippen LogP contribution in [0.4, 0.5) is 17.6 Å². The molecule has 0 amide bonds. The Labute approximate surface area is 220 Å². The fourth-order valence-electron chi connectivity index (χ4n) is 4.51. The topological polar surface area (TPSA) is 74.3 Å². The third kappa shape index (κ3) is 4.75. The van der Waals surface area contributed by atoms with E-state index >= 15 is 4.39 Å². The monoisotopic (exact) mass is 540 g/mol. The van der Waals surface area contributed by atoms with Crippen LogP contribution in [0.5, 0.6) is 17.4 Å². The first kappa shape index (κ1) is 26.1. The SMILES string of the molecule is COc1ccc(Cn2cc3cc(-c4nnc(C(C)(C)Oc5c(F)cc(F)cc5F)n4C)c(F)cc3c2O)cc1. The Morgan fingerprint density at radius 3 is 2.23 bits per heavy atom. The van der Waals surface area contributed by atoms with Gasteiger partial charge in [-0.05, 0) is 43.7 Å². The van der Waals surface area contributed by atoms with E-state index in [2.05, 4.69) is 10.2 Å². The number of rotatable bonds is 7. The van der Waals surface area contributed by atoms with Gasteiger partial charge in [-0.15, -0.1) is 10.2 Å². The standard InChI is InChI=1S/C28H24F4N4O3/c1-28(2,39-24-22(31)10-17(29)11-23(24)32)27-34-33-25(35(27)3)20-9-16-14-36(26(37)19(16)12-21(20)30)13-15-5-7-18(38-4)8-6-15/h5-12,14,37H,13H2,1-4H3. The third-order valence-corrected chi connectivity index (χ3v) is 6.43. The zero-order chi connectivity index (χ0) is 28.1. The van der Waals surface area contributed by atoms with Gasteiger partial charge in [0.25, 0.3) is 0 Å². The van der Waals surface area contributed by atoms with Crippen molar-refractivity contribution in [1.82, 2.24) is 19.3 Å². The van der Waals surface area contributed by atoms with Gasteiger partial charge in [0.1, 0.15) is 17.4 Å². The van der Waals surface area contributed by atoms with Gasteiger partial charge in [0.05, 0.1) is 19.2 Å². The molecule has 0 radical (unpaired) electrons. The van der Waals surface area contributed by atoms with Crippen molar-refractivity contribution in [2.45, 2.75) is 26.0 Å². The zero-order valence-corrected chi connectivity index (χ0v) is 21.5. The van der Waals surface area contributed by atoms with Gasteiger partial charge in [-0.25, -0.2) is 17.6 Å². The Morgan fingerprint density at radius 1 is 0.923 bits per heavy atom. The number of aromatic nitrogens is 4. The first-order valence-electron chi connectivity index (χ1n) is 11.9. The van der Waals surface area contributed by atoms with Crippen LogP contribution in [0.2, 0.25) is 0 Å². The normalized spacial score (nSPS) is 11.8. The number of ether oxygens (including phenoxy) is 2. The Hall–Kier alpha value is -4.54. The minimum absolute atomic E-state index is 0.0946. The lowest BCUT2D eigenvalue weighted by Crippen LogP contribution is -2.30. The maximum Gasteiger partial charge on any atom is 0.199 e. The Bertz CT molecular complexity index is 1670. The number of hydrogen-bond donors (Lipinski definition) is 1. The minimum Gasteiger partial charge on any atom is -0.497 e. The molecule has 2 aromatic heterocycles. The van der Waals surface area contributed by atoms with E-state index in [9.17, 15) is 18.3 Å². The fourth-order valence-corrected chi connectivity index (χ4v) is 4.51. The van der Waals surface area contributed by atoms with Gasteiger partial charge in [-0.2, -0.15) is 0 Å². The maximum absolute atomic E-state index is 15.3. The summed E-state index contributed by atoms with van der Waals surface area (Å²) < 4.78 is 70.8. The number of aromatic hydroxyl groups is 1.